The number of aliphatic carboxylic acids is 1. The summed E-state index contributed by atoms with van der Waals surface area (Å²) in [7, 11) is -3.51. The number of nitrogens with one attached hydrogen (secondary N) is 1. The minimum atomic E-state index is -3.51. The van der Waals surface area contributed by atoms with Gasteiger partial charge in [-0.15, -0.1) is 0 Å². The summed E-state index contributed by atoms with van der Waals surface area (Å²) in [5.41, 5.74) is 1.87. The first kappa shape index (κ1) is 21.5. The number of hydrogen-bond donors (Lipinski definition) is 2. The van der Waals surface area contributed by atoms with E-state index in [4.69, 9.17) is 9.84 Å². The molecule has 0 saturated carbocycles. The van der Waals surface area contributed by atoms with E-state index in [-0.39, 0.29) is 0 Å². The molecular formula is C23H23NO5S. The number of benzene rings is 3. The molecule has 2 N–H and O–H groups in total. The molecule has 3 rings (SSSR count). The van der Waals surface area contributed by atoms with Crippen LogP contribution in [0.5, 0.6) is 5.75 Å². The monoisotopic (exact) mass is 425 g/mol. The third-order valence-electron chi connectivity index (χ3n) is 4.49. The van der Waals surface area contributed by atoms with Crippen LogP contribution in [0.2, 0.25) is 0 Å². The van der Waals surface area contributed by atoms with Crippen LogP contribution in [0.25, 0.3) is 16.8 Å². The Morgan fingerprint density at radius 3 is 2.47 bits per heavy atom. The van der Waals surface area contributed by atoms with Gasteiger partial charge in [-0.2, -0.15) is 0 Å². The second-order valence-corrected chi connectivity index (χ2v) is 8.36. The van der Waals surface area contributed by atoms with E-state index in [2.05, 4.69) is 4.72 Å². The van der Waals surface area contributed by atoms with Crippen LogP contribution >= 0.6 is 0 Å². The topological polar surface area (TPSA) is 92.7 Å². The average molecular weight is 426 g/mol. The number of carboxylic acids is 1. The summed E-state index contributed by atoms with van der Waals surface area (Å²) < 4.78 is 32.2. The van der Waals surface area contributed by atoms with E-state index >= 15 is 0 Å². The van der Waals surface area contributed by atoms with Gasteiger partial charge in [0.05, 0.1) is 0 Å². The summed E-state index contributed by atoms with van der Waals surface area (Å²) in [5, 5.41) is 11.8. The lowest BCUT2D eigenvalue weighted by Crippen LogP contribution is -2.22. The molecule has 3 aromatic rings. The van der Waals surface area contributed by atoms with Crippen LogP contribution in [0.4, 0.5) is 0 Å². The third-order valence-corrected chi connectivity index (χ3v) is 5.59. The lowest BCUT2D eigenvalue weighted by Gasteiger charge is -2.11. The molecule has 0 bridgehead atoms. The van der Waals surface area contributed by atoms with Gasteiger partial charge in [0, 0.05) is 17.3 Å². The van der Waals surface area contributed by atoms with Gasteiger partial charge in [-0.05, 0) is 41.5 Å². The second kappa shape index (κ2) is 10.0. The molecule has 0 spiro atoms. The summed E-state index contributed by atoms with van der Waals surface area (Å²) in [6.45, 7) is -0.0886. The second-order valence-electron chi connectivity index (χ2n) is 6.71. The summed E-state index contributed by atoms with van der Waals surface area (Å²) in [4.78, 5) is 10.8. The number of ether oxygens (including phenoxy) is 1. The lowest BCUT2D eigenvalue weighted by molar-refractivity contribution is -0.139. The molecule has 0 radical (unpaired) electrons. The first-order valence-corrected chi connectivity index (χ1v) is 11.1. The van der Waals surface area contributed by atoms with Gasteiger partial charge in [0.15, 0.2) is 6.61 Å². The molecule has 0 aliphatic rings. The van der Waals surface area contributed by atoms with Crippen LogP contribution in [0.3, 0.4) is 0 Å². The van der Waals surface area contributed by atoms with Crippen LogP contribution in [0.15, 0.2) is 72.1 Å². The van der Waals surface area contributed by atoms with Crippen molar-refractivity contribution in [2.24, 2.45) is 0 Å². The predicted molar refractivity (Wildman–Crippen MR) is 118 cm³/mol. The van der Waals surface area contributed by atoms with Crippen molar-refractivity contribution in [2.45, 2.75) is 12.8 Å². The summed E-state index contributed by atoms with van der Waals surface area (Å²) in [5.74, 6) is -0.514. The van der Waals surface area contributed by atoms with Crippen LogP contribution < -0.4 is 9.46 Å². The average Bonchev–Trinajstić information content (AvgIpc) is 2.74. The first-order chi connectivity index (χ1) is 14.4. The van der Waals surface area contributed by atoms with E-state index in [0.29, 0.717) is 25.1 Å². The highest BCUT2D eigenvalue weighted by Crippen LogP contribution is 2.28. The molecule has 6 nitrogen and oxygen atoms in total. The van der Waals surface area contributed by atoms with E-state index in [1.165, 1.54) is 5.41 Å². The van der Waals surface area contributed by atoms with E-state index in [1.54, 1.807) is 12.1 Å². The Kier molecular flexibility index (Phi) is 7.21. The van der Waals surface area contributed by atoms with Gasteiger partial charge >= 0.3 is 5.97 Å². The molecule has 0 aliphatic heterocycles. The molecule has 0 unspecified atom stereocenters. The molecule has 0 aliphatic carbocycles. The highest BCUT2D eigenvalue weighted by Gasteiger charge is 2.09. The highest BCUT2D eigenvalue weighted by atomic mass is 32.2. The Hall–Kier alpha value is -3.16. The standard InChI is InChI=1S/C23H23NO5S/c25-23(26)17-29-22-13-5-11-20-19(9-4-12-21(20)22)10-6-15-24-30(27,28)16-14-18-7-2-1-3-8-18/h1-5,7-9,11-14,16,24H,6,10,15,17H2,(H,25,26)/b16-14+. The van der Waals surface area contributed by atoms with Gasteiger partial charge in [-0.1, -0.05) is 60.7 Å². The van der Waals surface area contributed by atoms with Gasteiger partial charge in [-0.25, -0.2) is 17.9 Å². The Labute approximate surface area is 175 Å². The van der Waals surface area contributed by atoms with Crippen molar-refractivity contribution in [1.82, 2.24) is 4.72 Å². The largest absolute Gasteiger partial charge is 0.481 e. The van der Waals surface area contributed by atoms with Crippen molar-refractivity contribution in [3.05, 3.63) is 83.3 Å². The summed E-state index contributed by atoms with van der Waals surface area (Å²) in [6.07, 6.45) is 2.86. The minimum Gasteiger partial charge on any atom is -0.481 e. The van der Waals surface area contributed by atoms with Crippen LogP contribution in [0, 0.1) is 0 Å². The number of carbonyl (C=O) groups is 1. The number of sulfonamides is 1. The number of rotatable bonds is 10. The molecular weight excluding hydrogens is 402 g/mol. The van der Waals surface area contributed by atoms with E-state index in [1.807, 2.05) is 60.7 Å². The molecule has 30 heavy (non-hydrogen) atoms. The molecule has 7 heteroatoms. The van der Waals surface area contributed by atoms with Gasteiger partial charge in [0.25, 0.3) is 0 Å². The predicted octanol–water partition coefficient (Wildman–Crippen LogP) is 3.83. The maximum atomic E-state index is 12.1. The van der Waals surface area contributed by atoms with Crippen molar-refractivity contribution in [3.8, 4) is 5.75 Å². The molecule has 3 aromatic carbocycles. The van der Waals surface area contributed by atoms with Gasteiger partial charge < -0.3 is 9.84 Å². The van der Waals surface area contributed by atoms with Crippen molar-refractivity contribution >= 4 is 32.8 Å². The Morgan fingerprint density at radius 2 is 1.70 bits per heavy atom. The Balaban J connectivity index is 1.60. The van der Waals surface area contributed by atoms with Crippen LogP contribution in [-0.2, 0) is 21.2 Å². The zero-order chi connectivity index (χ0) is 21.4. The minimum absolute atomic E-state index is 0.313. The molecule has 0 amide bonds. The highest BCUT2D eigenvalue weighted by molar-refractivity contribution is 7.92. The van der Waals surface area contributed by atoms with E-state index in [9.17, 15) is 13.2 Å². The van der Waals surface area contributed by atoms with E-state index in [0.717, 1.165) is 21.9 Å². The molecule has 0 fully saturated rings. The van der Waals surface area contributed by atoms with Gasteiger partial charge in [0.1, 0.15) is 5.75 Å². The quantitative estimate of drug-likeness (QED) is 0.482. The fourth-order valence-corrected chi connectivity index (χ4v) is 3.96. The maximum Gasteiger partial charge on any atom is 0.341 e. The smallest absolute Gasteiger partial charge is 0.341 e. The number of hydrogen-bond acceptors (Lipinski definition) is 4. The van der Waals surface area contributed by atoms with Gasteiger partial charge in [0.2, 0.25) is 10.0 Å². The SMILES string of the molecule is O=C(O)COc1cccc2c(CCCNS(=O)(=O)/C=C/c3ccccc3)cccc12. The molecule has 0 aromatic heterocycles. The number of aryl methyl sites for hydroxylation is 1. The third kappa shape index (κ3) is 6.17. The Bertz CT molecular complexity index is 1140. The zero-order valence-corrected chi connectivity index (χ0v) is 17.1. The molecule has 156 valence electrons. The van der Waals surface area contributed by atoms with Crippen molar-refractivity contribution in [2.75, 3.05) is 13.2 Å². The van der Waals surface area contributed by atoms with Gasteiger partial charge in [-0.3, -0.25) is 0 Å². The number of fused-ring (bicyclic) bond motifs is 1. The first-order valence-electron chi connectivity index (χ1n) is 9.53. The zero-order valence-electron chi connectivity index (χ0n) is 16.3. The lowest BCUT2D eigenvalue weighted by atomic mass is 10.0. The number of carboxylic acid groups (broad SMARTS) is 1. The normalized spacial score (nSPS) is 11.7. The summed E-state index contributed by atoms with van der Waals surface area (Å²) in [6, 6.07) is 20.5. The molecule has 0 saturated heterocycles. The van der Waals surface area contributed by atoms with Crippen molar-refractivity contribution in [1.29, 1.82) is 0 Å². The summed E-state index contributed by atoms with van der Waals surface area (Å²) >= 11 is 0. The van der Waals surface area contributed by atoms with Crippen molar-refractivity contribution < 1.29 is 23.1 Å². The molecule has 0 heterocycles. The fourth-order valence-electron chi connectivity index (χ4n) is 3.10. The maximum absolute atomic E-state index is 12.1. The van der Waals surface area contributed by atoms with E-state index < -0.39 is 22.6 Å². The fraction of sp³-hybridized carbons (Fsp3) is 0.174. The van der Waals surface area contributed by atoms with Crippen LogP contribution in [-0.4, -0.2) is 32.6 Å². The Morgan fingerprint density at radius 1 is 0.967 bits per heavy atom. The van der Waals surface area contributed by atoms with Crippen LogP contribution in [0.1, 0.15) is 17.5 Å². The van der Waals surface area contributed by atoms with Crippen molar-refractivity contribution in [3.63, 3.8) is 0 Å². The molecule has 0 atom stereocenters.